The van der Waals surface area contributed by atoms with E-state index in [0.717, 1.165) is 24.2 Å². The van der Waals surface area contributed by atoms with Gasteiger partial charge < -0.3 is 10.0 Å². The van der Waals surface area contributed by atoms with E-state index < -0.39 is 6.10 Å². The fourth-order valence-corrected chi connectivity index (χ4v) is 4.52. The summed E-state index contributed by atoms with van der Waals surface area (Å²) >= 11 is 1.83. The zero-order chi connectivity index (χ0) is 21.5. The number of hydrogen-bond acceptors (Lipinski definition) is 4. The Hall–Kier alpha value is -2.08. The van der Waals surface area contributed by atoms with Crippen LogP contribution in [-0.4, -0.2) is 58.3 Å². The van der Waals surface area contributed by atoms with Gasteiger partial charge in [0, 0.05) is 48.4 Å². The Labute approximate surface area is 184 Å². The molecule has 1 amide bonds. The minimum atomic E-state index is -0.539. The van der Waals surface area contributed by atoms with Crippen LogP contribution in [0.3, 0.4) is 0 Å². The van der Waals surface area contributed by atoms with E-state index >= 15 is 0 Å². The second kappa shape index (κ2) is 10.8. The van der Waals surface area contributed by atoms with Crippen molar-refractivity contribution in [1.29, 1.82) is 0 Å². The third-order valence-corrected chi connectivity index (χ3v) is 6.49. The van der Waals surface area contributed by atoms with E-state index in [1.165, 1.54) is 4.90 Å². The van der Waals surface area contributed by atoms with Gasteiger partial charge in [0.05, 0.1) is 6.10 Å². The number of amides is 1. The largest absolute Gasteiger partial charge is 0.387 e. The van der Waals surface area contributed by atoms with Crippen molar-refractivity contribution in [1.82, 2.24) is 9.80 Å². The molecule has 0 saturated carbocycles. The highest BCUT2D eigenvalue weighted by Crippen LogP contribution is 2.27. The van der Waals surface area contributed by atoms with Gasteiger partial charge in [0.2, 0.25) is 5.91 Å². The van der Waals surface area contributed by atoms with Crippen molar-refractivity contribution >= 4 is 23.7 Å². The van der Waals surface area contributed by atoms with Gasteiger partial charge in [-0.3, -0.25) is 9.69 Å². The van der Waals surface area contributed by atoms with Crippen LogP contribution in [0.25, 0.3) is 6.08 Å². The second-order valence-electron chi connectivity index (χ2n) is 8.03. The number of piperazine rings is 1. The lowest BCUT2D eigenvalue weighted by Gasteiger charge is -2.39. The summed E-state index contributed by atoms with van der Waals surface area (Å²) in [5, 5.41) is 11.4. The number of nitrogens with zero attached hydrogens (tertiary/aromatic N) is 2. The average Bonchev–Trinajstić information content (AvgIpc) is 2.77. The van der Waals surface area contributed by atoms with Gasteiger partial charge in [-0.1, -0.05) is 56.3 Å². The standard InChI is InChI=1S/C25H32N2O2S/c1-19(2)30-23-12-10-22(11-13-23)25(29)20(3)26-15-17-27(18-16-26)24(28)14-9-21-7-5-4-6-8-21/h4-14,19-20,25,29H,15-18H2,1-3H3/b14-9+. The molecular formula is C25H32N2O2S. The summed E-state index contributed by atoms with van der Waals surface area (Å²) in [4.78, 5) is 17.9. The maximum absolute atomic E-state index is 12.5. The minimum absolute atomic E-state index is 0.00529. The normalized spacial score (nSPS) is 17.4. The van der Waals surface area contributed by atoms with Crippen molar-refractivity contribution in [3.63, 3.8) is 0 Å². The zero-order valence-electron chi connectivity index (χ0n) is 18.1. The Morgan fingerprint density at radius 1 is 0.967 bits per heavy atom. The van der Waals surface area contributed by atoms with Crippen LogP contribution in [0.15, 0.2) is 65.6 Å². The van der Waals surface area contributed by atoms with Gasteiger partial charge in [0.25, 0.3) is 0 Å². The second-order valence-corrected chi connectivity index (χ2v) is 9.68. The van der Waals surface area contributed by atoms with Crippen LogP contribution >= 0.6 is 11.8 Å². The number of thioether (sulfide) groups is 1. The van der Waals surface area contributed by atoms with Crippen LogP contribution in [-0.2, 0) is 4.79 Å². The molecule has 1 heterocycles. The first kappa shape index (κ1) is 22.6. The van der Waals surface area contributed by atoms with Crippen LogP contribution in [0.5, 0.6) is 0 Å². The summed E-state index contributed by atoms with van der Waals surface area (Å²) in [6, 6.07) is 18.1. The van der Waals surface area contributed by atoms with Crippen molar-refractivity contribution in [3.05, 3.63) is 71.8 Å². The monoisotopic (exact) mass is 424 g/mol. The summed E-state index contributed by atoms with van der Waals surface area (Å²) in [5.41, 5.74) is 1.97. The van der Waals surface area contributed by atoms with Crippen LogP contribution in [0.2, 0.25) is 0 Å². The SMILES string of the molecule is CC(C)Sc1ccc(C(O)C(C)N2CCN(C(=O)/C=C/c3ccccc3)CC2)cc1. The van der Waals surface area contributed by atoms with Gasteiger partial charge in [-0.05, 0) is 36.3 Å². The number of benzene rings is 2. The summed E-state index contributed by atoms with van der Waals surface area (Å²) in [5.74, 6) is 0.0462. The first-order valence-corrected chi connectivity index (χ1v) is 11.5. The lowest BCUT2D eigenvalue weighted by molar-refractivity contribution is -0.128. The molecule has 1 aliphatic rings. The van der Waals surface area contributed by atoms with E-state index in [0.29, 0.717) is 18.3 Å². The lowest BCUT2D eigenvalue weighted by atomic mass is 10.0. The van der Waals surface area contributed by atoms with Crippen molar-refractivity contribution in [2.24, 2.45) is 0 Å². The third-order valence-electron chi connectivity index (χ3n) is 5.47. The minimum Gasteiger partial charge on any atom is -0.387 e. The molecule has 0 aliphatic carbocycles. The Kier molecular flexibility index (Phi) is 8.14. The molecule has 2 atom stereocenters. The molecule has 5 heteroatoms. The highest BCUT2D eigenvalue weighted by molar-refractivity contribution is 7.99. The van der Waals surface area contributed by atoms with Gasteiger partial charge in [-0.25, -0.2) is 0 Å². The summed E-state index contributed by atoms with van der Waals surface area (Å²) in [6.07, 6.45) is 2.98. The number of aliphatic hydroxyl groups excluding tert-OH is 1. The fourth-order valence-electron chi connectivity index (χ4n) is 3.68. The lowest BCUT2D eigenvalue weighted by Crippen LogP contribution is -2.52. The van der Waals surface area contributed by atoms with E-state index in [2.05, 4.69) is 37.8 Å². The molecule has 4 nitrogen and oxygen atoms in total. The van der Waals surface area contributed by atoms with Crippen molar-refractivity contribution in [2.45, 2.75) is 43.1 Å². The van der Waals surface area contributed by atoms with Gasteiger partial charge in [-0.15, -0.1) is 11.8 Å². The molecule has 2 unspecified atom stereocenters. The number of aliphatic hydroxyl groups is 1. The zero-order valence-corrected chi connectivity index (χ0v) is 18.9. The van der Waals surface area contributed by atoms with E-state index in [1.807, 2.05) is 65.2 Å². The molecule has 0 bridgehead atoms. The Morgan fingerprint density at radius 2 is 1.60 bits per heavy atom. The summed E-state index contributed by atoms with van der Waals surface area (Å²) in [7, 11) is 0. The van der Waals surface area contributed by atoms with Crippen molar-refractivity contribution < 1.29 is 9.90 Å². The van der Waals surface area contributed by atoms with E-state index in [4.69, 9.17) is 0 Å². The maximum atomic E-state index is 12.5. The third kappa shape index (κ3) is 6.21. The molecule has 2 aromatic carbocycles. The highest BCUT2D eigenvalue weighted by atomic mass is 32.2. The van der Waals surface area contributed by atoms with E-state index in [1.54, 1.807) is 6.08 Å². The molecule has 2 aromatic rings. The van der Waals surface area contributed by atoms with Crippen LogP contribution < -0.4 is 0 Å². The Morgan fingerprint density at radius 3 is 2.20 bits per heavy atom. The fraction of sp³-hybridized carbons (Fsp3) is 0.400. The predicted molar refractivity (Wildman–Crippen MR) is 125 cm³/mol. The number of hydrogen-bond donors (Lipinski definition) is 1. The van der Waals surface area contributed by atoms with Crippen molar-refractivity contribution in [3.8, 4) is 0 Å². The molecule has 1 N–H and O–H groups in total. The average molecular weight is 425 g/mol. The number of rotatable bonds is 7. The van der Waals surface area contributed by atoms with Crippen LogP contribution in [0.4, 0.5) is 0 Å². The predicted octanol–water partition coefficient (Wildman–Crippen LogP) is 4.47. The Bertz CT molecular complexity index is 828. The van der Waals surface area contributed by atoms with E-state index in [-0.39, 0.29) is 11.9 Å². The molecule has 0 spiro atoms. The molecular weight excluding hydrogens is 392 g/mol. The summed E-state index contributed by atoms with van der Waals surface area (Å²) in [6.45, 7) is 9.32. The maximum Gasteiger partial charge on any atom is 0.246 e. The highest BCUT2D eigenvalue weighted by Gasteiger charge is 2.27. The molecule has 1 fully saturated rings. The number of carbonyl (C=O) groups excluding carboxylic acids is 1. The topological polar surface area (TPSA) is 43.8 Å². The van der Waals surface area contributed by atoms with Crippen LogP contribution in [0, 0.1) is 0 Å². The smallest absolute Gasteiger partial charge is 0.246 e. The molecule has 0 radical (unpaired) electrons. The van der Waals surface area contributed by atoms with E-state index in [9.17, 15) is 9.90 Å². The molecule has 160 valence electrons. The molecule has 1 aliphatic heterocycles. The quantitative estimate of drug-likeness (QED) is 0.526. The molecule has 3 rings (SSSR count). The molecule has 0 aromatic heterocycles. The first-order chi connectivity index (χ1) is 14.4. The van der Waals surface area contributed by atoms with Gasteiger partial charge >= 0.3 is 0 Å². The Balaban J connectivity index is 1.51. The molecule has 30 heavy (non-hydrogen) atoms. The number of carbonyl (C=O) groups is 1. The van der Waals surface area contributed by atoms with Gasteiger partial charge in [0.15, 0.2) is 0 Å². The molecule has 1 saturated heterocycles. The van der Waals surface area contributed by atoms with Crippen molar-refractivity contribution in [2.75, 3.05) is 26.2 Å². The first-order valence-electron chi connectivity index (χ1n) is 10.6. The summed E-state index contributed by atoms with van der Waals surface area (Å²) < 4.78 is 0. The van der Waals surface area contributed by atoms with Gasteiger partial charge in [0.1, 0.15) is 0 Å². The van der Waals surface area contributed by atoms with Gasteiger partial charge in [-0.2, -0.15) is 0 Å². The van der Waals surface area contributed by atoms with Crippen LogP contribution in [0.1, 0.15) is 38.0 Å².